The Morgan fingerprint density at radius 1 is 1.19 bits per heavy atom. The molecule has 2 N–H and O–H groups in total. The van der Waals surface area contributed by atoms with Gasteiger partial charge in [0.2, 0.25) is 5.96 Å². The molecule has 0 aliphatic rings. The molecule has 0 atom stereocenters. The molecule has 162 valence electrons. The van der Waals surface area contributed by atoms with Gasteiger partial charge in [-0.05, 0) is 62.2 Å². The highest BCUT2D eigenvalue weighted by Gasteiger charge is 2.12. The van der Waals surface area contributed by atoms with Crippen LogP contribution >= 0.6 is 23.2 Å². The summed E-state index contributed by atoms with van der Waals surface area (Å²) in [4.78, 5) is 17.2. The van der Waals surface area contributed by atoms with Crippen LogP contribution < -0.4 is 10.6 Å². The Hall–Kier alpha value is -2.90. The number of aliphatic imine (C=N–C) groups is 1. The Balaban J connectivity index is 1.81. The lowest BCUT2D eigenvalue weighted by atomic mass is 10.1. The zero-order valence-corrected chi connectivity index (χ0v) is 18.9. The van der Waals surface area contributed by atoms with E-state index in [2.05, 4.69) is 20.7 Å². The van der Waals surface area contributed by atoms with Crippen molar-refractivity contribution < 1.29 is 9.18 Å². The van der Waals surface area contributed by atoms with Gasteiger partial charge in [0, 0.05) is 35.6 Å². The average molecular weight is 462 g/mol. The van der Waals surface area contributed by atoms with Gasteiger partial charge in [-0.2, -0.15) is 5.10 Å². The fraction of sp³-hybridized carbons (Fsp3) is 0.227. The van der Waals surface area contributed by atoms with Crippen LogP contribution in [0, 0.1) is 19.7 Å². The van der Waals surface area contributed by atoms with Gasteiger partial charge in [0.1, 0.15) is 5.82 Å². The van der Waals surface area contributed by atoms with Gasteiger partial charge in [0.05, 0.1) is 10.7 Å². The molecule has 0 saturated carbocycles. The third kappa shape index (κ3) is 5.83. The summed E-state index contributed by atoms with van der Waals surface area (Å²) in [5, 5.41) is 10.6. The minimum absolute atomic E-state index is 0.0351. The number of hydrogen-bond donors (Lipinski definition) is 2. The van der Waals surface area contributed by atoms with Crippen molar-refractivity contribution in [2.45, 2.75) is 20.3 Å². The van der Waals surface area contributed by atoms with Crippen LogP contribution in [0.1, 0.15) is 27.3 Å². The molecule has 31 heavy (non-hydrogen) atoms. The molecular weight excluding hydrogens is 440 g/mol. The number of nitrogens with zero attached hydrogens (tertiary/aromatic N) is 3. The largest absolute Gasteiger partial charge is 0.326 e. The summed E-state index contributed by atoms with van der Waals surface area (Å²) in [5.41, 5.74) is 3.99. The van der Waals surface area contributed by atoms with E-state index >= 15 is 0 Å². The highest BCUT2D eigenvalue weighted by Crippen LogP contribution is 2.19. The highest BCUT2D eigenvalue weighted by atomic mass is 35.5. The molecule has 1 heterocycles. The topological polar surface area (TPSA) is 71.3 Å². The fourth-order valence-corrected chi connectivity index (χ4v) is 3.46. The van der Waals surface area contributed by atoms with Crippen LogP contribution in [0.2, 0.25) is 10.0 Å². The van der Waals surface area contributed by atoms with E-state index in [9.17, 15) is 9.18 Å². The first-order valence-electron chi connectivity index (χ1n) is 9.57. The van der Waals surface area contributed by atoms with E-state index in [4.69, 9.17) is 23.2 Å². The SMILES string of the molecule is Cc1nn(C)c(C)c1CCN=C(NC(=O)c1cccc(Cl)c1)Nc1ccc(F)c(Cl)c1. The van der Waals surface area contributed by atoms with E-state index < -0.39 is 5.82 Å². The van der Waals surface area contributed by atoms with Crippen molar-refractivity contribution in [3.05, 3.63) is 80.8 Å². The lowest BCUT2D eigenvalue weighted by Gasteiger charge is -2.13. The van der Waals surface area contributed by atoms with Crippen molar-refractivity contribution in [1.82, 2.24) is 15.1 Å². The molecule has 0 bridgehead atoms. The van der Waals surface area contributed by atoms with E-state index in [1.165, 1.54) is 18.2 Å². The molecule has 0 spiro atoms. The van der Waals surface area contributed by atoms with E-state index in [1.807, 2.05) is 25.6 Å². The Labute approximate surface area is 190 Å². The van der Waals surface area contributed by atoms with Crippen LogP contribution in [-0.2, 0) is 13.5 Å². The first kappa shape index (κ1) is 22.8. The van der Waals surface area contributed by atoms with Gasteiger partial charge < -0.3 is 5.32 Å². The minimum Gasteiger partial charge on any atom is -0.326 e. The molecule has 0 unspecified atom stereocenters. The maximum Gasteiger partial charge on any atom is 0.258 e. The third-order valence-corrected chi connectivity index (χ3v) is 5.32. The first-order chi connectivity index (χ1) is 14.7. The quantitative estimate of drug-likeness (QED) is 0.418. The molecule has 3 aromatic rings. The number of amides is 1. The molecule has 1 amide bonds. The number of aryl methyl sites for hydroxylation is 2. The lowest BCUT2D eigenvalue weighted by molar-refractivity contribution is 0.0977. The highest BCUT2D eigenvalue weighted by molar-refractivity contribution is 6.31. The van der Waals surface area contributed by atoms with Crippen LogP contribution in [0.15, 0.2) is 47.5 Å². The fourth-order valence-electron chi connectivity index (χ4n) is 3.09. The van der Waals surface area contributed by atoms with Gasteiger partial charge >= 0.3 is 0 Å². The third-order valence-electron chi connectivity index (χ3n) is 4.79. The number of aromatic nitrogens is 2. The van der Waals surface area contributed by atoms with Crippen LogP contribution in [0.5, 0.6) is 0 Å². The van der Waals surface area contributed by atoms with Crippen LogP contribution in [-0.4, -0.2) is 28.2 Å². The van der Waals surface area contributed by atoms with Gasteiger partial charge in [-0.25, -0.2) is 4.39 Å². The van der Waals surface area contributed by atoms with Gasteiger partial charge in [-0.3, -0.25) is 19.8 Å². The van der Waals surface area contributed by atoms with E-state index in [0.717, 1.165) is 17.0 Å². The predicted octanol–water partition coefficient (Wildman–Crippen LogP) is 4.92. The molecule has 0 aliphatic heterocycles. The maximum atomic E-state index is 13.5. The second-order valence-corrected chi connectivity index (χ2v) is 7.82. The second-order valence-electron chi connectivity index (χ2n) is 6.97. The molecule has 0 fully saturated rings. The summed E-state index contributed by atoms with van der Waals surface area (Å²) in [6.45, 7) is 4.35. The van der Waals surface area contributed by atoms with Crippen molar-refractivity contribution in [3.8, 4) is 0 Å². The molecule has 0 saturated heterocycles. The average Bonchev–Trinajstić information content (AvgIpc) is 2.96. The number of anilines is 1. The van der Waals surface area contributed by atoms with Crippen molar-refractivity contribution >= 4 is 40.8 Å². The summed E-state index contributed by atoms with van der Waals surface area (Å²) in [6, 6.07) is 10.8. The summed E-state index contributed by atoms with van der Waals surface area (Å²) < 4.78 is 15.3. The van der Waals surface area contributed by atoms with Crippen molar-refractivity contribution in [1.29, 1.82) is 0 Å². The number of nitrogens with one attached hydrogen (secondary N) is 2. The predicted molar refractivity (Wildman–Crippen MR) is 123 cm³/mol. The Kier molecular flexibility index (Phi) is 7.30. The van der Waals surface area contributed by atoms with Crippen LogP contribution in [0.25, 0.3) is 0 Å². The van der Waals surface area contributed by atoms with E-state index in [-0.39, 0.29) is 16.9 Å². The monoisotopic (exact) mass is 461 g/mol. The van der Waals surface area contributed by atoms with E-state index in [1.54, 1.807) is 24.3 Å². The second kappa shape index (κ2) is 9.94. The Bertz CT molecular complexity index is 1140. The van der Waals surface area contributed by atoms with Gasteiger partial charge in [-0.1, -0.05) is 29.3 Å². The molecule has 0 aliphatic carbocycles. The zero-order chi connectivity index (χ0) is 22.5. The summed E-state index contributed by atoms with van der Waals surface area (Å²) in [7, 11) is 1.89. The maximum absolute atomic E-state index is 13.5. The lowest BCUT2D eigenvalue weighted by Crippen LogP contribution is -2.36. The van der Waals surface area contributed by atoms with Crippen molar-refractivity contribution in [2.24, 2.45) is 12.0 Å². The number of guanidine groups is 1. The summed E-state index contributed by atoms with van der Waals surface area (Å²) in [6.07, 6.45) is 0.647. The number of benzene rings is 2. The zero-order valence-electron chi connectivity index (χ0n) is 17.3. The van der Waals surface area contributed by atoms with Gasteiger partial charge in [0.15, 0.2) is 0 Å². The van der Waals surface area contributed by atoms with E-state index in [0.29, 0.717) is 29.2 Å². The molecule has 3 rings (SSSR count). The van der Waals surface area contributed by atoms with Crippen molar-refractivity contribution in [3.63, 3.8) is 0 Å². The molecule has 2 aromatic carbocycles. The van der Waals surface area contributed by atoms with Crippen LogP contribution in [0.4, 0.5) is 10.1 Å². The number of rotatable bonds is 5. The van der Waals surface area contributed by atoms with Gasteiger partial charge in [-0.15, -0.1) is 0 Å². The molecule has 0 radical (unpaired) electrons. The van der Waals surface area contributed by atoms with Crippen LogP contribution in [0.3, 0.4) is 0 Å². The first-order valence-corrected chi connectivity index (χ1v) is 10.3. The number of hydrogen-bond acceptors (Lipinski definition) is 3. The minimum atomic E-state index is -0.531. The molecule has 6 nitrogen and oxygen atoms in total. The normalized spacial score (nSPS) is 11.5. The smallest absolute Gasteiger partial charge is 0.258 e. The standard InChI is InChI=1S/C22H22Cl2FN5O/c1-13-18(14(2)30(3)29-13)9-10-26-22(27-17-7-8-20(25)19(24)12-17)28-21(31)15-5-4-6-16(23)11-15/h4-8,11-12H,9-10H2,1-3H3,(H2,26,27,28,31). The molecular formula is C22H22Cl2FN5O. The number of carbonyl (C=O) groups is 1. The number of halogens is 3. The summed E-state index contributed by atoms with van der Waals surface area (Å²) >= 11 is 11.9. The Morgan fingerprint density at radius 2 is 1.97 bits per heavy atom. The Morgan fingerprint density at radius 3 is 2.61 bits per heavy atom. The number of carbonyl (C=O) groups excluding carboxylic acids is 1. The molecule has 1 aromatic heterocycles. The van der Waals surface area contributed by atoms with Gasteiger partial charge in [0.25, 0.3) is 5.91 Å². The molecule has 9 heteroatoms. The van der Waals surface area contributed by atoms with Crippen molar-refractivity contribution in [2.75, 3.05) is 11.9 Å². The summed E-state index contributed by atoms with van der Waals surface area (Å²) in [5.74, 6) is -0.696.